The maximum atomic E-state index is 12.5. The molecule has 3 rings (SSSR count). The summed E-state index contributed by atoms with van der Waals surface area (Å²) in [5, 5.41) is 48.3. The van der Waals surface area contributed by atoms with Gasteiger partial charge in [-0.1, -0.05) is 0 Å². The van der Waals surface area contributed by atoms with Crippen LogP contribution in [0.15, 0.2) is 11.8 Å². The van der Waals surface area contributed by atoms with E-state index >= 15 is 0 Å². The Labute approximate surface area is 216 Å². The van der Waals surface area contributed by atoms with Crippen molar-refractivity contribution in [2.75, 3.05) is 26.7 Å². The van der Waals surface area contributed by atoms with Gasteiger partial charge in [0, 0.05) is 0 Å². The van der Waals surface area contributed by atoms with Gasteiger partial charge in [-0.25, -0.2) is 0 Å². The number of rotatable bonds is 10. The number of nitrogens with one attached hydrogen (secondary N) is 2. The highest BCUT2D eigenvalue weighted by Crippen LogP contribution is 2.32. The van der Waals surface area contributed by atoms with Gasteiger partial charge in [0.05, 0.1) is 37.4 Å². The second-order valence-corrected chi connectivity index (χ2v) is 10.1. The maximum Gasteiger partial charge on any atom is 0.249 e. The molecule has 1 amide bonds. The number of carbonyl (C=O) groups excluding carboxylic acids is 1. The predicted octanol–water partition coefficient (Wildman–Crippen LogP) is -3.92. The maximum absolute atomic E-state index is 12.5. The molecule has 1 saturated heterocycles. The van der Waals surface area contributed by atoms with Gasteiger partial charge in [0.15, 0.2) is 6.29 Å². The molecule has 0 bridgehead atoms. The molecule has 2 unspecified atom stereocenters. The van der Waals surface area contributed by atoms with E-state index < -0.39 is 72.7 Å². The zero-order chi connectivity index (χ0) is 27.3. The number of nitrogens with two attached hydrogens (primary N) is 3. The molecule has 14 nitrogen and oxygen atoms in total. The summed E-state index contributed by atoms with van der Waals surface area (Å²) in [6.45, 7) is 1.67. The Morgan fingerprint density at radius 2 is 1.97 bits per heavy atom. The summed E-state index contributed by atoms with van der Waals surface area (Å²) in [7, 11) is 1.59. The molecule has 0 aromatic carbocycles. The minimum Gasteiger partial charge on any atom is -0.467 e. The first-order chi connectivity index (χ1) is 17.5. The largest absolute Gasteiger partial charge is 0.467 e. The normalized spacial score (nSPS) is 41.4. The van der Waals surface area contributed by atoms with Crippen LogP contribution in [0.3, 0.4) is 0 Å². The summed E-state index contributed by atoms with van der Waals surface area (Å²) >= 11 is 0. The van der Waals surface area contributed by atoms with Gasteiger partial charge in [0.1, 0.15) is 35.8 Å². The van der Waals surface area contributed by atoms with Crippen molar-refractivity contribution in [2.24, 2.45) is 17.2 Å². The zero-order valence-corrected chi connectivity index (χ0v) is 21.4. The molecule has 2 fully saturated rings. The van der Waals surface area contributed by atoms with Crippen molar-refractivity contribution in [3.05, 3.63) is 11.8 Å². The van der Waals surface area contributed by atoms with Crippen LogP contribution < -0.4 is 27.8 Å². The van der Waals surface area contributed by atoms with Crippen molar-refractivity contribution >= 4 is 5.91 Å². The molecule has 37 heavy (non-hydrogen) atoms. The lowest BCUT2D eigenvalue weighted by molar-refractivity contribution is -0.303. The molecule has 0 radical (unpaired) electrons. The van der Waals surface area contributed by atoms with Crippen LogP contribution in [0.4, 0.5) is 0 Å². The molecule has 0 aromatic rings. The molecule has 0 aromatic heterocycles. The van der Waals surface area contributed by atoms with Gasteiger partial charge in [-0.05, 0) is 52.3 Å². The van der Waals surface area contributed by atoms with Crippen molar-refractivity contribution in [2.45, 2.75) is 99.4 Å². The highest BCUT2D eigenvalue weighted by molar-refractivity contribution is 5.80. The first-order valence-corrected chi connectivity index (χ1v) is 12.7. The van der Waals surface area contributed by atoms with Gasteiger partial charge in [-0.2, -0.15) is 0 Å². The van der Waals surface area contributed by atoms with Gasteiger partial charge < -0.3 is 67.2 Å². The average molecular weight is 534 g/mol. The van der Waals surface area contributed by atoms with E-state index in [1.165, 1.54) is 6.92 Å². The SMILES string of the molecule is CN[C@@H]1C(O)[C@@H](O[C@@H]2[C@@H](O)[C@H](OC3OC(CN)=CC[C@H]3N)CC[C@H]2NC(=O)[C@@H](O)CCN)OC[C@]1(C)O. The Bertz CT molecular complexity index is 788. The number of hydrogen-bond donors (Lipinski definition) is 9. The van der Waals surface area contributed by atoms with Crippen LogP contribution >= 0.6 is 0 Å². The molecule has 214 valence electrons. The van der Waals surface area contributed by atoms with E-state index in [-0.39, 0.29) is 26.1 Å². The van der Waals surface area contributed by atoms with E-state index in [1.807, 2.05) is 0 Å². The van der Waals surface area contributed by atoms with E-state index in [4.69, 9.17) is 36.1 Å². The summed E-state index contributed by atoms with van der Waals surface area (Å²) in [6, 6.07) is -2.01. The van der Waals surface area contributed by atoms with Crippen LogP contribution in [-0.4, -0.2) is 120 Å². The lowest BCUT2D eigenvalue weighted by atomic mass is 9.86. The Kier molecular flexibility index (Phi) is 10.6. The molecule has 2 heterocycles. The third-order valence-electron chi connectivity index (χ3n) is 7.12. The Morgan fingerprint density at radius 3 is 2.62 bits per heavy atom. The monoisotopic (exact) mass is 533 g/mol. The van der Waals surface area contributed by atoms with Crippen molar-refractivity contribution in [1.29, 1.82) is 0 Å². The van der Waals surface area contributed by atoms with Crippen molar-refractivity contribution in [3.8, 4) is 0 Å². The first kappa shape index (κ1) is 30.1. The van der Waals surface area contributed by atoms with Crippen LogP contribution in [0.25, 0.3) is 0 Å². The fraction of sp³-hybridized carbons (Fsp3) is 0.870. The van der Waals surface area contributed by atoms with E-state index in [0.717, 1.165) is 0 Å². The van der Waals surface area contributed by atoms with E-state index in [2.05, 4.69) is 10.6 Å². The van der Waals surface area contributed by atoms with Crippen molar-refractivity contribution in [3.63, 3.8) is 0 Å². The molecule has 1 saturated carbocycles. The van der Waals surface area contributed by atoms with Crippen molar-refractivity contribution < 1.29 is 44.2 Å². The fourth-order valence-corrected chi connectivity index (χ4v) is 4.99. The molecular weight excluding hydrogens is 490 g/mol. The number of aliphatic hydroxyl groups excluding tert-OH is 3. The molecule has 11 atom stereocenters. The third-order valence-corrected chi connectivity index (χ3v) is 7.12. The highest BCUT2D eigenvalue weighted by atomic mass is 16.7. The Morgan fingerprint density at radius 1 is 1.24 bits per heavy atom. The minimum absolute atomic E-state index is 0.0651. The third kappa shape index (κ3) is 7.16. The number of carbonyl (C=O) groups is 1. The quantitative estimate of drug-likeness (QED) is 0.131. The van der Waals surface area contributed by atoms with Crippen LogP contribution in [-0.2, 0) is 23.7 Å². The fourth-order valence-electron chi connectivity index (χ4n) is 4.99. The van der Waals surface area contributed by atoms with Crippen LogP contribution in [0, 0.1) is 0 Å². The summed E-state index contributed by atoms with van der Waals surface area (Å²) in [5.41, 5.74) is 15.9. The van der Waals surface area contributed by atoms with Crippen LogP contribution in [0.5, 0.6) is 0 Å². The highest BCUT2D eigenvalue weighted by Gasteiger charge is 2.50. The van der Waals surface area contributed by atoms with E-state index in [9.17, 15) is 25.2 Å². The van der Waals surface area contributed by atoms with Gasteiger partial charge in [-0.15, -0.1) is 0 Å². The smallest absolute Gasteiger partial charge is 0.249 e. The van der Waals surface area contributed by atoms with Crippen molar-refractivity contribution in [1.82, 2.24) is 10.6 Å². The Hall–Kier alpha value is -1.43. The molecule has 2 aliphatic heterocycles. The zero-order valence-electron chi connectivity index (χ0n) is 21.4. The van der Waals surface area contributed by atoms with Gasteiger partial charge >= 0.3 is 0 Å². The van der Waals surface area contributed by atoms with E-state index in [0.29, 0.717) is 25.0 Å². The topological polar surface area (TPSA) is 237 Å². The second kappa shape index (κ2) is 13.1. The number of hydrogen-bond acceptors (Lipinski definition) is 13. The summed E-state index contributed by atoms with van der Waals surface area (Å²) < 4.78 is 23.4. The summed E-state index contributed by atoms with van der Waals surface area (Å²) in [4.78, 5) is 12.5. The molecule has 12 N–H and O–H groups in total. The average Bonchev–Trinajstić information content (AvgIpc) is 2.85. The van der Waals surface area contributed by atoms with Gasteiger partial charge in [0.2, 0.25) is 12.2 Å². The molecule has 1 aliphatic carbocycles. The van der Waals surface area contributed by atoms with Crippen LogP contribution in [0.1, 0.15) is 32.6 Å². The first-order valence-electron chi connectivity index (χ1n) is 12.7. The number of likely N-dealkylation sites (N-methyl/N-ethyl adjacent to an activating group) is 1. The standard InChI is InChI=1S/C23H43N5O9/c1-23(33)10-34-22(17(31)19(23)27-2)37-18-13(28-20(32)14(29)7-8-24)5-6-15(16(18)30)36-21-12(26)4-3-11(9-25)35-21/h3,12-19,21-22,27,29-31,33H,4-10,24-26H2,1-2H3,(H,28,32)/t12-,13-,14+,15-,16+,17?,18+,19-,21?,22-,23+/m1/s1. The minimum atomic E-state index is -1.37. The lowest BCUT2D eigenvalue weighted by Gasteiger charge is -2.47. The van der Waals surface area contributed by atoms with E-state index in [1.54, 1.807) is 13.1 Å². The van der Waals surface area contributed by atoms with Crippen LogP contribution in [0.2, 0.25) is 0 Å². The molecule has 14 heteroatoms. The molecular formula is C23H43N5O9. The molecule has 0 spiro atoms. The lowest BCUT2D eigenvalue weighted by Crippen LogP contribution is -2.67. The van der Waals surface area contributed by atoms with Gasteiger partial charge in [0.25, 0.3) is 0 Å². The summed E-state index contributed by atoms with van der Waals surface area (Å²) in [6.07, 6.45) is -4.91. The Balaban J connectivity index is 1.77. The number of ether oxygens (including phenoxy) is 4. The number of aliphatic hydroxyl groups is 4. The second-order valence-electron chi connectivity index (χ2n) is 10.1. The summed E-state index contributed by atoms with van der Waals surface area (Å²) in [5.74, 6) is -0.125. The van der Waals surface area contributed by atoms with Gasteiger partial charge in [-0.3, -0.25) is 4.79 Å². The predicted molar refractivity (Wildman–Crippen MR) is 130 cm³/mol. The number of amides is 1. The molecule has 3 aliphatic rings.